The van der Waals surface area contributed by atoms with Gasteiger partial charge in [-0.15, -0.1) is 0 Å². The first-order valence-electron chi connectivity index (χ1n) is 10.1. The van der Waals surface area contributed by atoms with Gasteiger partial charge in [0.2, 0.25) is 0 Å². The Labute approximate surface area is 183 Å². The number of carbonyl (C=O) groups is 1. The topological polar surface area (TPSA) is 78.4 Å². The molecule has 0 aromatic heterocycles. The van der Waals surface area contributed by atoms with Crippen LogP contribution in [-0.2, 0) is 16.1 Å². The average molecular weight is 435 g/mol. The summed E-state index contributed by atoms with van der Waals surface area (Å²) in [5, 5.41) is 12.9. The fourth-order valence-corrected chi connectivity index (χ4v) is 5.36. The molecule has 0 fully saturated rings. The molecule has 3 aromatic rings. The van der Waals surface area contributed by atoms with Crippen molar-refractivity contribution in [2.45, 2.75) is 31.2 Å². The lowest BCUT2D eigenvalue weighted by molar-refractivity contribution is 0.0696. The number of nitrogens with one attached hydrogen (secondary N) is 2. The first-order chi connectivity index (χ1) is 14.7. The molecule has 0 saturated heterocycles. The summed E-state index contributed by atoms with van der Waals surface area (Å²) < 4.78 is 16.0. The molecule has 0 saturated carbocycles. The Balaban J connectivity index is 1.57. The van der Waals surface area contributed by atoms with Crippen LogP contribution in [0.25, 0.3) is 0 Å². The van der Waals surface area contributed by atoms with E-state index in [0.29, 0.717) is 10.5 Å². The quantitative estimate of drug-likeness (QED) is 0.481. The van der Waals surface area contributed by atoms with Gasteiger partial charge in [0.15, 0.2) is 0 Å². The Kier molecular flexibility index (Phi) is 5.27. The minimum atomic E-state index is -2.64. The number of carboxylic acids is 1. The van der Waals surface area contributed by atoms with Crippen molar-refractivity contribution in [3.8, 4) is 0 Å². The van der Waals surface area contributed by atoms with Gasteiger partial charge in [0, 0.05) is 16.3 Å². The van der Waals surface area contributed by atoms with Crippen molar-refractivity contribution < 1.29 is 14.1 Å². The van der Waals surface area contributed by atoms with Gasteiger partial charge >= 0.3 is 5.97 Å². The molecule has 6 heteroatoms. The maximum atomic E-state index is 13.0. The molecule has 31 heavy (non-hydrogen) atoms. The Bertz CT molecular complexity index is 1220. The average Bonchev–Trinajstić information content (AvgIpc) is 2.73. The molecular formula is C25H26N2O3S. The van der Waals surface area contributed by atoms with Crippen LogP contribution in [0.4, 0.5) is 11.4 Å². The van der Waals surface area contributed by atoms with Gasteiger partial charge in [-0.25, -0.2) is 9.00 Å². The van der Waals surface area contributed by atoms with Crippen LogP contribution < -0.4 is 10.0 Å². The van der Waals surface area contributed by atoms with E-state index >= 15 is 0 Å². The molecule has 0 aliphatic carbocycles. The van der Waals surface area contributed by atoms with Gasteiger partial charge in [-0.2, -0.15) is 0 Å². The summed E-state index contributed by atoms with van der Waals surface area (Å²) in [6.07, 6.45) is 0.766. The van der Waals surface area contributed by atoms with Crippen molar-refractivity contribution in [2.75, 3.05) is 10.0 Å². The molecule has 160 valence electrons. The van der Waals surface area contributed by atoms with Crippen LogP contribution in [0.3, 0.4) is 0 Å². The van der Waals surface area contributed by atoms with Crippen LogP contribution in [-0.4, -0.2) is 21.2 Å². The summed E-state index contributed by atoms with van der Waals surface area (Å²) in [6.45, 7) is 4.34. The standard InChI is InChI=1S/C25H26N2O3S/c1-25(2)16-19-15-18(24(28)29)11-14-22(19)26-23(25)17-9-12-20(13-10-17)27-31(3,30)21-7-5-4-6-8-21/h4-15,23,26H,3,16H2,1-2H3,(H,27,30)(H,28,29). The molecule has 1 aliphatic heterocycles. The summed E-state index contributed by atoms with van der Waals surface area (Å²) in [5.41, 5.74) is 4.01. The highest BCUT2D eigenvalue weighted by Gasteiger charge is 2.36. The predicted molar refractivity (Wildman–Crippen MR) is 127 cm³/mol. The highest BCUT2D eigenvalue weighted by atomic mass is 32.2. The molecule has 0 radical (unpaired) electrons. The molecule has 1 aliphatic rings. The zero-order valence-electron chi connectivity index (χ0n) is 17.6. The van der Waals surface area contributed by atoms with E-state index in [1.807, 2.05) is 48.5 Å². The number of hydrogen-bond acceptors (Lipinski definition) is 3. The van der Waals surface area contributed by atoms with Crippen molar-refractivity contribution in [1.82, 2.24) is 0 Å². The van der Waals surface area contributed by atoms with Crippen molar-refractivity contribution in [3.63, 3.8) is 0 Å². The normalized spacial score (nSPS) is 18.8. The van der Waals surface area contributed by atoms with Gasteiger partial charge in [-0.3, -0.25) is 0 Å². The molecule has 3 N–H and O–H groups in total. The van der Waals surface area contributed by atoms with Gasteiger partial charge in [-0.1, -0.05) is 44.2 Å². The molecular weight excluding hydrogens is 408 g/mol. The van der Waals surface area contributed by atoms with Crippen LogP contribution >= 0.6 is 0 Å². The Morgan fingerprint density at radius 3 is 2.42 bits per heavy atom. The third-order valence-electron chi connectivity index (χ3n) is 5.73. The third kappa shape index (κ3) is 4.30. The lowest BCUT2D eigenvalue weighted by Gasteiger charge is -2.41. The molecule has 2 unspecified atom stereocenters. The summed E-state index contributed by atoms with van der Waals surface area (Å²) in [4.78, 5) is 12.0. The highest BCUT2D eigenvalue weighted by molar-refractivity contribution is 8.01. The number of rotatable bonds is 5. The predicted octanol–water partition coefficient (Wildman–Crippen LogP) is 5.22. The maximum Gasteiger partial charge on any atom is 0.335 e. The molecule has 1 heterocycles. The van der Waals surface area contributed by atoms with Gasteiger partial charge in [-0.05, 0) is 71.3 Å². The van der Waals surface area contributed by atoms with E-state index in [-0.39, 0.29) is 11.5 Å². The minimum absolute atomic E-state index is 0.0583. The number of aromatic carboxylic acids is 1. The second-order valence-electron chi connectivity index (χ2n) is 8.63. The van der Waals surface area contributed by atoms with Crippen LogP contribution in [0, 0.1) is 5.41 Å². The van der Waals surface area contributed by atoms with Gasteiger partial charge in [0.1, 0.15) is 0 Å². The molecule has 5 nitrogen and oxygen atoms in total. The minimum Gasteiger partial charge on any atom is -0.478 e. The van der Waals surface area contributed by atoms with Crippen LogP contribution in [0.2, 0.25) is 0 Å². The molecule has 2 atom stereocenters. The first kappa shape index (κ1) is 21.0. The fourth-order valence-electron chi connectivity index (χ4n) is 4.13. The van der Waals surface area contributed by atoms with Crippen LogP contribution in [0.15, 0.2) is 77.7 Å². The van der Waals surface area contributed by atoms with E-state index < -0.39 is 15.7 Å². The van der Waals surface area contributed by atoms with Crippen molar-refractivity contribution in [3.05, 3.63) is 89.5 Å². The number of benzene rings is 3. The number of hydrogen-bond donors (Lipinski definition) is 3. The molecule has 3 aromatic carbocycles. The van der Waals surface area contributed by atoms with E-state index in [2.05, 4.69) is 29.8 Å². The fraction of sp³-hybridized carbons (Fsp3) is 0.200. The second kappa shape index (κ2) is 7.78. The van der Waals surface area contributed by atoms with E-state index in [4.69, 9.17) is 0 Å². The lowest BCUT2D eigenvalue weighted by atomic mass is 9.73. The molecule has 0 bridgehead atoms. The summed E-state index contributed by atoms with van der Waals surface area (Å²) in [5.74, 6) is 2.96. The van der Waals surface area contributed by atoms with E-state index in [1.165, 1.54) is 0 Å². The van der Waals surface area contributed by atoms with Gasteiger partial charge < -0.3 is 15.1 Å². The van der Waals surface area contributed by atoms with E-state index in [9.17, 15) is 14.1 Å². The number of carboxylic acid groups (broad SMARTS) is 1. The molecule has 0 spiro atoms. The third-order valence-corrected chi connectivity index (χ3v) is 7.33. The Hall–Kier alpha value is -3.25. The van der Waals surface area contributed by atoms with Gasteiger partial charge in [0.25, 0.3) is 0 Å². The van der Waals surface area contributed by atoms with Crippen molar-refractivity contribution >= 4 is 32.9 Å². The Morgan fingerprint density at radius 2 is 1.77 bits per heavy atom. The number of fused-ring (bicyclic) bond motifs is 1. The second-order valence-corrected chi connectivity index (χ2v) is 10.7. The van der Waals surface area contributed by atoms with Crippen molar-refractivity contribution in [1.29, 1.82) is 0 Å². The van der Waals surface area contributed by atoms with E-state index in [0.717, 1.165) is 28.9 Å². The Morgan fingerprint density at radius 1 is 1.10 bits per heavy atom. The maximum absolute atomic E-state index is 13.0. The number of anilines is 2. The largest absolute Gasteiger partial charge is 0.478 e. The zero-order valence-corrected chi connectivity index (χ0v) is 18.4. The van der Waals surface area contributed by atoms with Crippen LogP contribution in [0.1, 0.15) is 41.4 Å². The van der Waals surface area contributed by atoms with E-state index in [1.54, 1.807) is 24.3 Å². The summed E-state index contributed by atoms with van der Waals surface area (Å²) >= 11 is 0. The zero-order chi connectivity index (χ0) is 22.2. The molecule has 4 rings (SSSR count). The van der Waals surface area contributed by atoms with Crippen LogP contribution in [0.5, 0.6) is 0 Å². The smallest absolute Gasteiger partial charge is 0.335 e. The van der Waals surface area contributed by atoms with Gasteiger partial charge in [0.05, 0.1) is 21.3 Å². The summed E-state index contributed by atoms with van der Waals surface area (Å²) in [7, 11) is -2.64. The first-order valence-corrected chi connectivity index (χ1v) is 11.8. The molecule has 0 amide bonds. The lowest BCUT2D eigenvalue weighted by Crippen LogP contribution is -2.35. The SMILES string of the molecule is C=S(=O)(Nc1ccc(C2Nc3ccc(C(=O)O)cc3CC2(C)C)cc1)c1ccccc1. The monoisotopic (exact) mass is 434 g/mol. The highest BCUT2D eigenvalue weighted by Crippen LogP contribution is 2.45. The van der Waals surface area contributed by atoms with Crippen molar-refractivity contribution in [2.24, 2.45) is 5.41 Å². The summed E-state index contributed by atoms with van der Waals surface area (Å²) in [6, 6.07) is 22.4.